The van der Waals surface area contributed by atoms with Crippen molar-refractivity contribution in [1.82, 2.24) is 14.8 Å². The van der Waals surface area contributed by atoms with Crippen LogP contribution in [0.2, 0.25) is 0 Å². The number of aryl methyl sites for hydroxylation is 1. The zero-order valence-corrected chi connectivity index (χ0v) is 15.3. The van der Waals surface area contributed by atoms with Crippen molar-refractivity contribution < 1.29 is 9.18 Å². The third-order valence-corrected chi connectivity index (χ3v) is 4.62. The molecule has 1 aliphatic rings. The maximum absolute atomic E-state index is 14.0. The summed E-state index contributed by atoms with van der Waals surface area (Å²) in [5.41, 5.74) is 2.58. The summed E-state index contributed by atoms with van der Waals surface area (Å²) in [5.74, 6) is -0.246. The zero-order valence-electron chi connectivity index (χ0n) is 15.3. The van der Waals surface area contributed by atoms with Crippen LogP contribution in [0.3, 0.4) is 0 Å². The first kappa shape index (κ1) is 18.1. The summed E-state index contributed by atoms with van der Waals surface area (Å²) in [6, 6.07) is 5.06. The van der Waals surface area contributed by atoms with Gasteiger partial charge in [-0.05, 0) is 38.7 Å². The van der Waals surface area contributed by atoms with Crippen molar-refractivity contribution in [3.05, 3.63) is 35.3 Å². The van der Waals surface area contributed by atoms with Gasteiger partial charge in [-0.2, -0.15) is 5.26 Å². The molecule has 0 radical (unpaired) electrons. The summed E-state index contributed by atoms with van der Waals surface area (Å²) >= 11 is 0. The summed E-state index contributed by atoms with van der Waals surface area (Å²) < 4.78 is 14.0. The lowest BCUT2D eigenvalue weighted by Gasteiger charge is -2.37. The van der Waals surface area contributed by atoms with Gasteiger partial charge in [0.05, 0.1) is 23.3 Å². The average Bonchev–Trinajstić information content (AvgIpc) is 2.60. The molecule has 6 nitrogen and oxygen atoms in total. The minimum atomic E-state index is -0.340. The van der Waals surface area contributed by atoms with Gasteiger partial charge in [0, 0.05) is 37.8 Å². The molecule has 1 aliphatic heterocycles. The van der Waals surface area contributed by atoms with Crippen molar-refractivity contribution in [2.75, 3.05) is 51.7 Å². The monoisotopic (exact) mass is 355 g/mol. The number of fused-ring (bicyclic) bond motifs is 1. The quantitative estimate of drug-likeness (QED) is 0.840. The first-order valence-corrected chi connectivity index (χ1v) is 8.57. The van der Waals surface area contributed by atoms with Crippen LogP contribution in [0.1, 0.15) is 11.1 Å². The second-order valence-corrected chi connectivity index (χ2v) is 6.86. The van der Waals surface area contributed by atoms with E-state index in [0.29, 0.717) is 54.9 Å². The fourth-order valence-electron chi connectivity index (χ4n) is 3.40. The van der Waals surface area contributed by atoms with Crippen LogP contribution in [-0.2, 0) is 4.79 Å². The molecular weight excluding hydrogens is 333 g/mol. The SMILES string of the molecule is Cc1cc(F)cc2c(N3CCN(C(=O)CN(C)C)CC3)c(C#N)cnc12. The number of carbonyl (C=O) groups excluding carboxylic acids is 1. The van der Waals surface area contributed by atoms with E-state index in [-0.39, 0.29) is 11.7 Å². The molecule has 0 bridgehead atoms. The van der Waals surface area contributed by atoms with Crippen LogP contribution in [-0.4, -0.2) is 67.5 Å². The van der Waals surface area contributed by atoms with Crippen molar-refractivity contribution in [2.45, 2.75) is 6.92 Å². The summed E-state index contributed by atoms with van der Waals surface area (Å²) in [5, 5.41) is 10.2. The van der Waals surface area contributed by atoms with Gasteiger partial charge in [-0.15, -0.1) is 0 Å². The normalized spacial score (nSPS) is 14.8. The number of anilines is 1. The smallest absolute Gasteiger partial charge is 0.236 e. The van der Waals surface area contributed by atoms with E-state index in [2.05, 4.69) is 16.0 Å². The first-order valence-electron chi connectivity index (χ1n) is 8.57. The Kier molecular flexibility index (Phi) is 5.05. The van der Waals surface area contributed by atoms with E-state index in [9.17, 15) is 14.4 Å². The largest absolute Gasteiger partial charge is 0.366 e. The highest BCUT2D eigenvalue weighted by atomic mass is 19.1. The number of likely N-dealkylation sites (N-methyl/N-ethyl adjacent to an activating group) is 1. The standard InChI is InChI=1S/C19H22FN5O/c1-13-8-15(20)9-16-18(13)22-11-14(10-21)19(16)25-6-4-24(5-7-25)17(26)12-23(2)3/h8-9,11H,4-7,12H2,1-3H3. The molecular formula is C19H22FN5O. The molecule has 3 rings (SSSR count). The lowest BCUT2D eigenvalue weighted by atomic mass is 10.0. The highest BCUT2D eigenvalue weighted by molar-refractivity contribution is 5.96. The topological polar surface area (TPSA) is 63.5 Å². The highest BCUT2D eigenvalue weighted by Crippen LogP contribution is 2.32. The van der Waals surface area contributed by atoms with Crippen LogP contribution in [0.4, 0.5) is 10.1 Å². The van der Waals surface area contributed by atoms with Crippen LogP contribution in [0.15, 0.2) is 18.3 Å². The Morgan fingerprint density at radius 1 is 1.31 bits per heavy atom. The zero-order chi connectivity index (χ0) is 18.8. The lowest BCUT2D eigenvalue weighted by molar-refractivity contribution is -0.132. The third-order valence-electron chi connectivity index (χ3n) is 4.62. The molecule has 0 aliphatic carbocycles. The molecule has 0 saturated carbocycles. The Hall–Kier alpha value is -2.72. The van der Waals surface area contributed by atoms with Crippen LogP contribution in [0.25, 0.3) is 10.9 Å². The molecule has 1 saturated heterocycles. The number of nitrogens with zero attached hydrogens (tertiary/aromatic N) is 5. The Morgan fingerprint density at radius 2 is 2.00 bits per heavy atom. The van der Waals surface area contributed by atoms with E-state index in [1.54, 1.807) is 6.20 Å². The molecule has 2 aromatic rings. The molecule has 136 valence electrons. The molecule has 7 heteroatoms. The van der Waals surface area contributed by atoms with Crippen molar-refractivity contribution in [3.8, 4) is 6.07 Å². The summed E-state index contributed by atoms with van der Waals surface area (Å²) in [6.45, 7) is 4.55. The average molecular weight is 355 g/mol. The fourth-order valence-corrected chi connectivity index (χ4v) is 3.40. The number of pyridine rings is 1. The number of aromatic nitrogens is 1. The second kappa shape index (κ2) is 7.26. The molecule has 0 unspecified atom stereocenters. The molecule has 26 heavy (non-hydrogen) atoms. The van der Waals surface area contributed by atoms with E-state index >= 15 is 0 Å². The van der Waals surface area contributed by atoms with Gasteiger partial charge in [-0.25, -0.2) is 4.39 Å². The number of hydrogen-bond acceptors (Lipinski definition) is 5. The predicted octanol–water partition coefficient (Wildman–Crippen LogP) is 1.76. The molecule has 1 amide bonds. The maximum atomic E-state index is 14.0. The first-order chi connectivity index (χ1) is 12.4. The maximum Gasteiger partial charge on any atom is 0.236 e. The molecule has 1 aromatic carbocycles. The minimum absolute atomic E-state index is 0.0941. The molecule has 2 heterocycles. The van der Waals surface area contributed by atoms with Crippen molar-refractivity contribution in [3.63, 3.8) is 0 Å². The van der Waals surface area contributed by atoms with Gasteiger partial charge in [-0.3, -0.25) is 9.78 Å². The van der Waals surface area contributed by atoms with Gasteiger partial charge in [0.25, 0.3) is 0 Å². The second-order valence-electron chi connectivity index (χ2n) is 6.86. The van der Waals surface area contributed by atoms with Gasteiger partial charge in [0.2, 0.25) is 5.91 Å². The van der Waals surface area contributed by atoms with Crippen LogP contribution >= 0.6 is 0 Å². The van der Waals surface area contributed by atoms with Crippen molar-refractivity contribution in [2.24, 2.45) is 0 Å². The summed E-state index contributed by atoms with van der Waals surface area (Å²) in [6.07, 6.45) is 1.55. The van der Waals surface area contributed by atoms with Crippen molar-refractivity contribution in [1.29, 1.82) is 5.26 Å². The Morgan fingerprint density at radius 3 is 2.62 bits per heavy atom. The number of rotatable bonds is 3. The van der Waals surface area contributed by atoms with Crippen LogP contribution in [0.5, 0.6) is 0 Å². The Balaban J connectivity index is 1.92. The fraction of sp³-hybridized carbons (Fsp3) is 0.421. The molecule has 0 atom stereocenters. The van der Waals surface area contributed by atoms with E-state index in [1.807, 2.05) is 30.8 Å². The summed E-state index contributed by atoms with van der Waals surface area (Å²) in [7, 11) is 3.74. The number of piperazine rings is 1. The van der Waals surface area contributed by atoms with E-state index in [0.717, 1.165) is 5.56 Å². The van der Waals surface area contributed by atoms with Gasteiger partial charge in [0.15, 0.2) is 0 Å². The number of carbonyl (C=O) groups is 1. The number of benzene rings is 1. The third kappa shape index (κ3) is 3.46. The predicted molar refractivity (Wildman–Crippen MR) is 98.5 cm³/mol. The lowest BCUT2D eigenvalue weighted by Crippen LogP contribution is -2.51. The van der Waals surface area contributed by atoms with Crippen molar-refractivity contribution >= 4 is 22.5 Å². The Labute approximate surface area is 152 Å². The number of hydrogen-bond donors (Lipinski definition) is 0. The van der Waals surface area contributed by atoms with Gasteiger partial charge in [0.1, 0.15) is 11.9 Å². The number of nitriles is 1. The van der Waals surface area contributed by atoms with Crippen LogP contribution in [0, 0.1) is 24.1 Å². The summed E-state index contributed by atoms with van der Waals surface area (Å²) in [4.78, 5) is 22.3. The van der Waals surface area contributed by atoms with Gasteiger partial charge < -0.3 is 14.7 Å². The number of amides is 1. The minimum Gasteiger partial charge on any atom is -0.366 e. The molecule has 1 aromatic heterocycles. The van der Waals surface area contributed by atoms with Crippen LogP contribution < -0.4 is 4.90 Å². The molecule has 0 N–H and O–H groups in total. The van der Waals surface area contributed by atoms with E-state index in [4.69, 9.17) is 0 Å². The van der Waals surface area contributed by atoms with E-state index < -0.39 is 0 Å². The van der Waals surface area contributed by atoms with Gasteiger partial charge >= 0.3 is 0 Å². The molecule has 1 fully saturated rings. The van der Waals surface area contributed by atoms with E-state index in [1.165, 1.54) is 12.1 Å². The Bertz CT molecular complexity index is 882. The van der Waals surface area contributed by atoms with Gasteiger partial charge in [-0.1, -0.05) is 0 Å². The highest BCUT2D eigenvalue weighted by Gasteiger charge is 2.25. The molecule has 0 spiro atoms. The number of halogens is 1.